The molecule has 0 aliphatic heterocycles. The van der Waals surface area contributed by atoms with Gasteiger partial charge >= 0.3 is 5.97 Å². The molecule has 2 aromatic carbocycles. The summed E-state index contributed by atoms with van der Waals surface area (Å²) < 4.78 is 0. The van der Waals surface area contributed by atoms with Gasteiger partial charge in [-0.1, -0.05) is 41.4 Å². The molecule has 0 bridgehead atoms. The van der Waals surface area contributed by atoms with E-state index < -0.39 is 5.97 Å². The van der Waals surface area contributed by atoms with Gasteiger partial charge in [-0.15, -0.1) is 0 Å². The lowest BCUT2D eigenvalue weighted by Gasteiger charge is -2.10. The van der Waals surface area contributed by atoms with Crippen LogP contribution in [0.1, 0.15) is 15.9 Å². The molecule has 0 aliphatic rings. The van der Waals surface area contributed by atoms with Gasteiger partial charge in [0.05, 0.1) is 16.8 Å². The number of benzene rings is 2. The van der Waals surface area contributed by atoms with Crippen LogP contribution in [0.3, 0.4) is 0 Å². The Hall–Kier alpha value is -2.10. The van der Waals surface area contributed by atoms with Crippen LogP contribution in [-0.4, -0.2) is 16.1 Å². The number of aromatic nitrogens is 1. The predicted octanol–water partition coefficient (Wildman–Crippen LogP) is 5.22. The number of hydrogen-bond acceptors (Lipinski definition) is 2. The Bertz CT molecular complexity index is 907. The van der Waals surface area contributed by atoms with E-state index in [9.17, 15) is 9.90 Å². The summed E-state index contributed by atoms with van der Waals surface area (Å²) in [5.74, 6) is -1.00. The fraction of sp³-hybridized carbons (Fsp3) is 0.0588. The van der Waals surface area contributed by atoms with Gasteiger partial charge in [0, 0.05) is 21.0 Å². The third-order valence-electron chi connectivity index (χ3n) is 3.52. The normalized spacial score (nSPS) is 10.9. The molecule has 0 amide bonds. The van der Waals surface area contributed by atoms with Gasteiger partial charge in [-0.05, 0) is 36.8 Å². The molecular weight excluding hydrogens is 321 g/mol. The van der Waals surface area contributed by atoms with E-state index >= 15 is 0 Å². The molecule has 110 valence electrons. The molecule has 0 saturated carbocycles. The molecule has 1 aromatic heterocycles. The van der Waals surface area contributed by atoms with Crippen molar-refractivity contribution in [2.45, 2.75) is 6.92 Å². The number of aryl methyl sites for hydroxylation is 1. The van der Waals surface area contributed by atoms with Crippen LogP contribution in [0.5, 0.6) is 0 Å². The third kappa shape index (κ3) is 2.54. The maximum Gasteiger partial charge on any atom is 0.336 e. The molecule has 1 N–H and O–H groups in total. The van der Waals surface area contributed by atoms with Crippen molar-refractivity contribution in [3.63, 3.8) is 0 Å². The second-order valence-electron chi connectivity index (χ2n) is 4.94. The van der Waals surface area contributed by atoms with Crippen LogP contribution in [0.15, 0.2) is 42.5 Å². The average molecular weight is 332 g/mol. The average Bonchev–Trinajstić information content (AvgIpc) is 2.50. The Labute approximate surface area is 137 Å². The summed E-state index contributed by atoms with van der Waals surface area (Å²) in [7, 11) is 0. The predicted molar refractivity (Wildman–Crippen MR) is 88.9 cm³/mol. The summed E-state index contributed by atoms with van der Waals surface area (Å²) in [6.07, 6.45) is 0. The van der Waals surface area contributed by atoms with Crippen molar-refractivity contribution in [3.8, 4) is 11.3 Å². The zero-order valence-corrected chi connectivity index (χ0v) is 13.1. The Kier molecular flexibility index (Phi) is 3.77. The molecule has 0 fully saturated rings. The molecule has 0 radical (unpaired) electrons. The van der Waals surface area contributed by atoms with Gasteiger partial charge in [-0.2, -0.15) is 0 Å². The van der Waals surface area contributed by atoms with Crippen LogP contribution in [0, 0.1) is 6.92 Å². The summed E-state index contributed by atoms with van der Waals surface area (Å²) in [5, 5.41) is 11.2. The molecule has 3 nitrogen and oxygen atoms in total. The fourth-order valence-corrected chi connectivity index (χ4v) is 2.72. The van der Waals surface area contributed by atoms with Crippen molar-refractivity contribution in [2.24, 2.45) is 0 Å². The van der Waals surface area contributed by atoms with Gasteiger partial charge in [-0.3, -0.25) is 0 Å². The summed E-state index contributed by atoms with van der Waals surface area (Å²) in [4.78, 5) is 16.2. The van der Waals surface area contributed by atoms with E-state index in [1.165, 1.54) is 0 Å². The molecule has 22 heavy (non-hydrogen) atoms. The molecule has 0 atom stereocenters. The first-order chi connectivity index (χ1) is 10.5. The first kappa shape index (κ1) is 14.8. The minimum absolute atomic E-state index is 0.194. The molecular formula is C17H11Cl2NO2. The van der Waals surface area contributed by atoms with Gasteiger partial charge in [0.15, 0.2) is 0 Å². The van der Waals surface area contributed by atoms with Crippen molar-refractivity contribution in [3.05, 3.63) is 63.6 Å². The Balaban J connectivity index is 2.37. The van der Waals surface area contributed by atoms with Gasteiger partial charge in [0.2, 0.25) is 0 Å². The number of carboxylic acid groups (broad SMARTS) is 1. The molecule has 0 saturated heterocycles. The summed E-state index contributed by atoms with van der Waals surface area (Å²) in [6.45, 7) is 1.82. The lowest BCUT2D eigenvalue weighted by molar-refractivity contribution is 0.0699. The minimum atomic E-state index is -1.00. The zero-order valence-electron chi connectivity index (χ0n) is 11.6. The number of rotatable bonds is 2. The summed E-state index contributed by atoms with van der Waals surface area (Å²) >= 11 is 12.1. The SMILES string of the molecule is Cc1c(Cl)ccc2c(C(=O)O)cc(-c3cccc(Cl)c3)nc12. The highest BCUT2D eigenvalue weighted by atomic mass is 35.5. The highest BCUT2D eigenvalue weighted by Gasteiger charge is 2.15. The van der Waals surface area contributed by atoms with Crippen molar-refractivity contribution < 1.29 is 9.90 Å². The molecule has 3 rings (SSSR count). The van der Waals surface area contributed by atoms with Crippen molar-refractivity contribution in [1.29, 1.82) is 0 Å². The highest BCUT2D eigenvalue weighted by molar-refractivity contribution is 6.32. The maximum absolute atomic E-state index is 11.6. The second-order valence-corrected chi connectivity index (χ2v) is 5.78. The number of hydrogen-bond donors (Lipinski definition) is 1. The number of fused-ring (bicyclic) bond motifs is 1. The maximum atomic E-state index is 11.6. The number of pyridine rings is 1. The Morgan fingerprint density at radius 2 is 1.91 bits per heavy atom. The first-order valence-electron chi connectivity index (χ1n) is 6.56. The molecule has 5 heteroatoms. The minimum Gasteiger partial charge on any atom is -0.478 e. The highest BCUT2D eigenvalue weighted by Crippen LogP contribution is 2.30. The number of nitrogens with zero attached hydrogens (tertiary/aromatic N) is 1. The Morgan fingerprint density at radius 3 is 2.59 bits per heavy atom. The van der Waals surface area contributed by atoms with E-state index in [1.807, 2.05) is 13.0 Å². The van der Waals surface area contributed by atoms with Crippen LogP contribution >= 0.6 is 23.2 Å². The largest absolute Gasteiger partial charge is 0.478 e. The third-order valence-corrected chi connectivity index (χ3v) is 4.16. The summed E-state index contributed by atoms with van der Waals surface area (Å²) in [6, 6.07) is 12.1. The van der Waals surface area contributed by atoms with E-state index in [-0.39, 0.29) is 5.56 Å². The van der Waals surface area contributed by atoms with Gasteiger partial charge < -0.3 is 5.11 Å². The second kappa shape index (κ2) is 5.59. The number of halogens is 2. The monoisotopic (exact) mass is 331 g/mol. The van der Waals surface area contributed by atoms with E-state index in [4.69, 9.17) is 23.2 Å². The number of carbonyl (C=O) groups is 1. The van der Waals surface area contributed by atoms with Gasteiger partial charge in [0.1, 0.15) is 0 Å². The molecule has 0 unspecified atom stereocenters. The first-order valence-corrected chi connectivity index (χ1v) is 7.32. The lowest BCUT2D eigenvalue weighted by Crippen LogP contribution is -2.01. The lowest BCUT2D eigenvalue weighted by atomic mass is 10.0. The number of aromatic carboxylic acids is 1. The van der Waals surface area contributed by atoms with Gasteiger partial charge in [0.25, 0.3) is 0 Å². The van der Waals surface area contributed by atoms with E-state index in [2.05, 4.69) is 4.98 Å². The van der Waals surface area contributed by atoms with Crippen LogP contribution in [-0.2, 0) is 0 Å². The molecule has 3 aromatic rings. The topological polar surface area (TPSA) is 50.2 Å². The smallest absolute Gasteiger partial charge is 0.336 e. The van der Waals surface area contributed by atoms with E-state index in [0.29, 0.717) is 26.6 Å². The number of carboxylic acids is 1. The van der Waals surface area contributed by atoms with Gasteiger partial charge in [-0.25, -0.2) is 9.78 Å². The Morgan fingerprint density at radius 1 is 1.14 bits per heavy atom. The van der Waals surface area contributed by atoms with Crippen LogP contribution in [0.4, 0.5) is 0 Å². The summed E-state index contributed by atoms with van der Waals surface area (Å²) in [5.41, 5.74) is 2.85. The molecule has 0 spiro atoms. The molecule has 1 heterocycles. The van der Waals surface area contributed by atoms with Crippen molar-refractivity contribution in [2.75, 3.05) is 0 Å². The van der Waals surface area contributed by atoms with Crippen LogP contribution in [0.2, 0.25) is 10.0 Å². The zero-order chi connectivity index (χ0) is 15.9. The van der Waals surface area contributed by atoms with E-state index in [0.717, 1.165) is 11.1 Å². The van der Waals surface area contributed by atoms with Crippen LogP contribution < -0.4 is 0 Å². The van der Waals surface area contributed by atoms with E-state index in [1.54, 1.807) is 36.4 Å². The standard InChI is InChI=1S/C17H11Cl2NO2/c1-9-14(19)6-5-12-13(17(21)22)8-15(20-16(9)12)10-3-2-4-11(18)7-10/h2-8H,1H3,(H,21,22). The van der Waals surface area contributed by atoms with Crippen molar-refractivity contribution in [1.82, 2.24) is 4.98 Å². The quantitative estimate of drug-likeness (QED) is 0.700. The van der Waals surface area contributed by atoms with Crippen LogP contribution in [0.25, 0.3) is 22.2 Å². The molecule has 0 aliphatic carbocycles. The van der Waals surface area contributed by atoms with Crippen molar-refractivity contribution >= 4 is 40.1 Å². The fourth-order valence-electron chi connectivity index (χ4n) is 2.38.